The van der Waals surface area contributed by atoms with Gasteiger partial charge in [0.05, 0.1) is 0 Å². The van der Waals surface area contributed by atoms with Crippen LogP contribution < -0.4 is 4.90 Å². The molecule has 2 aromatic rings. The van der Waals surface area contributed by atoms with Crippen LogP contribution in [0.25, 0.3) is 0 Å². The first-order chi connectivity index (χ1) is 12.3. The number of anilines is 1. The number of hydrogen-bond donors (Lipinski definition) is 0. The molecular weight excluding hydrogens is 304 g/mol. The zero-order chi connectivity index (χ0) is 17.2. The van der Waals surface area contributed by atoms with Gasteiger partial charge in [0, 0.05) is 24.8 Å². The molecule has 0 saturated carbocycles. The van der Waals surface area contributed by atoms with Crippen molar-refractivity contribution < 1.29 is 0 Å². The summed E-state index contributed by atoms with van der Waals surface area (Å²) in [5, 5.41) is 0. The number of fused-ring (bicyclic) bond motifs is 2. The Balaban J connectivity index is 1.50. The van der Waals surface area contributed by atoms with Crippen molar-refractivity contribution in [1.29, 1.82) is 0 Å². The van der Waals surface area contributed by atoms with Gasteiger partial charge in [-0.15, -0.1) is 0 Å². The molecule has 2 aromatic carbocycles. The van der Waals surface area contributed by atoms with Crippen LogP contribution in [0.2, 0.25) is 0 Å². The van der Waals surface area contributed by atoms with E-state index >= 15 is 0 Å². The molecule has 2 nitrogen and oxygen atoms in total. The van der Waals surface area contributed by atoms with Crippen LogP contribution in [-0.4, -0.2) is 24.0 Å². The molecule has 0 saturated heterocycles. The Bertz CT molecular complexity index is 681. The monoisotopic (exact) mass is 334 g/mol. The van der Waals surface area contributed by atoms with Crippen LogP contribution in [0.4, 0.5) is 5.69 Å². The van der Waals surface area contributed by atoms with E-state index in [0.29, 0.717) is 0 Å². The van der Waals surface area contributed by atoms with Crippen molar-refractivity contribution in [3.63, 3.8) is 0 Å². The third-order valence-electron chi connectivity index (χ3n) is 5.81. The molecule has 25 heavy (non-hydrogen) atoms. The van der Waals surface area contributed by atoms with E-state index in [1.54, 1.807) is 22.3 Å². The maximum Gasteiger partial charge on any atom is 0.0436 e. The van der Waals surface area contributed by atoms with E-state index < -0.39 is 0 Å². The van der Waals surface area contributed by atoms with E-state index in [1.165, 1.54) is 44.5 Å². The number of nitrogens with zero attached hydrogens (tertiary/aromatic N) is 2. The summed E-state index contributed by atoms with van der Waals surface area (Å²) in [5.74, 6) is 0. The molecule has 1 heterocycles. The Morgan fingerprint density at radius 1 is 0.840 bits per heavy atom. The van der Waals surface area contributed by atoms with Gasteiger partial charge in [0.25, 0.3) is 0 Å². The van der Waals surface area contributed by atoms with E-state index in [0.717, 1.165) is 19.1 Å². The van der Waals surface area contributed by atoms with Gasteiger partial charge in [0.2, 0.25) is 0 Å². The predicted molar refractivity (Wildman–Crippen MR) is 106 cm³/mol. The summed E-state index contributed by atoms with van der Waals surface area (Å²) in [5.41, 5.74) is 7.64. The highest BCUT2D eigenvalue weighted by molar-refractivity contribution is 5.54. The van der Waals surface area contributed by atoms with Crippen LogP contribution in [0.3, 0.4) is 0 Å². The second kappa shape index (κ2) is 7.21. The van der Waals surface area contributed by atoms with Crippen LogP contribution in [0.1, 0.15) is 48.9 Å². The maximum atomic E-state index is 2.72. The van der Waals surface area contributed by atoms with Crippen LogP contribution in [0, 0.1) is 0 Å². The molecule has 0 aromatic heterocycles. The van der Waals surface area contributed by atoms with Crippen LogP contribution in [-0.2, 0) is 25.9 Å². The molecule has 4 rings (SSSR count). The standard InChI is InChI=1S/C23H30N2/c1-3-10-24(11-4-2)23-14-18-12-20-16-25(22-8-6-5-7-9-22)17-21(20)13-19(18)15-23/h5-9,12-13,23H,3-4,10-11,14-17H2,1-2H3. The van der Waals surface area contributed by atoms with Crippen molar-refractivity contribution in [3.8, 4) is 0 Å². The quantitative estimate of drug-likeness (QED) is 0.749. The minimum atomic E-state index is 0.725. The SMILES string of the molecule is CCCN(CCC)C1Cc2cc3c(cc2C1)CN(c1ccccc1)C3. The highest BCUT2D eigenvalue weighted by Crippen LogP contribution is 2.34. The number of para-hydroxylation sites is 1. The van der Waals surface area contributed by atoms with Crippen molar-refractivity contribution in [2.75, 3.05) is 18.0 Å². The summed E-state index contributed by atoms with van der Waals surface area (Å²) in [6.45, 7) is 9.22. The Morgan fingerprint density at radius 2 is 1.40 bits per heavy atom. The van der Waals surface area contributed by atoms with Gasteiger partial charge in [0.15, 0.2) is 0 Å². The third kappa shape index (κ3) is 3.32. The number of rotatable bonds is 6. The second-order valence-corrected chi connectivity index (χ2v) is 7.68. The molecule has 0 amide bonds. The van der Waals surface area contributed by atoms with Crippen molar-refractivity contribution in [1.82, 2.24) is 4.90 Å². The van der Waals surface area contributed by atoms with E-state index in [9.17, 15) is 0 Å². The van der Waals surface area contributed by atoms with Crippen molar-refractivity contribution in [2.24, 2.45) is 0 Å². The summed E-state index contributed by atoms with van der Waals surface area (Å²) < 4.78 is 0. The molecule has 0 atom stereocenters. The molecule has 1 aliphatic heterocycles. The summed E-state index contributed by atoms with van der Waals surface area (Å²) in [4.78, 5) is 5.22. The van der Waals surface area contributed by atoms with Crippen LogP contribution >= 0.6 is 0 Å². The van der Waals surface area contributed by atoms with Gasteiger partial charge in [-0.2, -0.15) is 0 Å². The molecule has 0 N–H and O–H groups in total. The summed E-state index contributed by atoms with van der Waals surface area (Å²) in [6.07, 6.45) is 5.01. The summed E-state index contributed by atoms with van der Waals surface area (Å²) in [7, 11) is 0. The van der Waals surface area contributed by atoms with Crippen molar-refractivity contribution in [2.45, 2.75) is 58.7 Å². The fraction of sp³-hybridized carbons (Fsp3) is 0.478. The highest BCUT2D eigenvalue weighted by atomic mass is 15.2. The van der Waals surface area contributed by atoms with Gasteiger partial charge in [-0.3, -0.25) is 4.90 Å². The van der Waals surface area contributed by atoms with E-state index in [1.807, 2.05) is 0 Å². The fourth-order valence-corrected chi connectivity index (χ4v) is 4.64. The number of hydrogen-bond acceptors (Lipinski definition) is 2. The highest BCUT2D eigenvalue weighted by Gasteiger charge is 2.29. The van der Waals surface area contributed by atoms with Gasteiger partial charge >= 0.3 is 0 Å². The first-order valence-electron chi connectivity index (χ1n) is 9.96. The average Bonchev–Trinajstić information content (AvgIpc) is 3.23. The first-order valence-corrected chi connectivity index (χ1v) is 9.96. The molecule has 0 bridgehead atoms. The fourth-order valence-electron chi connectivity index (χ4n) is 4.64. The van der Waals surface area contributed by atoms with Crippen molar-refractivity contribution in [3.05, 3.63) is 64.7 Å². The molecule has 0 unspecified atom stereocenters. The Hall–Kier alpha value is -1.80. The van der Waals surface area contributed by atoms with E-state index in [-0.39, 0.29) is 0 Å². The Labute approximate surface area is 152 Å². The Morgan fingerprint density at radius 3 is 1.92 bits per heavy atom. The molecule has 2 aliphatic rings. The van der Waals surface area contributed by atoms with Gasteiger partial charge < -0.3 is 4.90 Å². The lowest BCUT2D eigenvalue weighted by Crippen LogP contribution is -2.37. The largest absolute Gasteiger partial charge is 0.363 e. The summed E-state index contributed by atoms with van der Waals surface area (Å²) >= 11 is 0. The predicted octanol–water partition coefficient (Wildman–Crippen LogP) is 4.80. The topological polar surface area (TPSA) is 6.48 Å². The zero-order valence-corrected chi connectivity index (χ0v) is 15.7. The van der Waals surface area contributed by atoms with Crippen molar-refractivity contribution >= 4 is 5.69 Å². The van der Waals surface area contributed by atoms with Gasteiger partial charge in [-0.1, -0.05) is 44.2 Å². The lowest BCUT2D eigenvalue weighted by molar-refractivity contribution is 0.202. The maximum absolute atomic E-state index is 2.72. The molecule has 132 valence electrons. The number of benzene rings is 2. The Kier molecular flexibility index (Phi) is 4.80. The average molecular weight is 335 g/mol. The van der Waals surface area contributed by atoms with Crippen LogP contribution in [0.5, 0.6) is 0 Å². The minimum Gasteiger partial charge on any atom is -0.363 e. The van der Waals surface area contributed by atoms with Crippen LogP contribution in [0.15, 0.2) is 42.5 Å². The molecule has 2 heteroatoms. The van der Waals surface area contributed by atoms with Gasteiger partial charge in [0.1, 0.15) is 0 Å². The lowest BCUT2D eigenvalue weighted by atomic mass is 10.0. The zero-order valence-electron chi connectivity index (χ0n) is 15.7. The van der Waals surface area contributed by atoms with E-state index in [2.05, 4.69) is 66.1 Å². The minimum absolute atomic E-state index is 0.725. The molecule has 1 aliphatic carbocycles. The molecule has 0 radical (unpaired) electrons. The van der Waals surface area contributed by atoms with Gasteiger partial charge in [-0.05, 0) is 73.2 Å². The molecule has 0 spiro atoms. The third-order valence-corrected chi connectivity index (χ3v) is 5.81. The van der Waals surface area contributed by atoms with Gasteiger partial charge in [-0.25, -0.2) is 0 Å². The molecular formula is C23H30N2. The first kappa shape index (κ1) is 16.7. The lowest BCUT2D eigenvalue weighted by Gasteiger charge is -2.27. The molecule has 0 fully saturated rings. The second-order valence-electron chi connectivity index (χ2n) is 7.68. The normalized spacial score (nSPS) is 16.5. The summed E-state index contributed by atoms with van der Waals surface area (Å²) in [6, 6.07) is 16.6. The smallest absolute Gasteiger partial charge is 0.0436 e. The van der Waals surface area contributed by atoms with E-state index in [4.69, 9.17) is 0 Å².